The highest BCUT2D eigenvalue weighted by Crippen LogP contribution is 2.29. The fourth-order valence-electron chi connectivity index (χ4n) is 3.25. The first-order valence-electron chi connectivity index (χ1n) is 7.36. The monoisotopic (exact) mass is 341 g/mol. The van der Waals surface area contributed by atoms with Crippen LogP contribution in [0.3, 0.4) is 0 Å². The van der Waals surface area contributed by atoms with Crippen molar-refractivity contribution >= 4 is 30.7 Å². The Labute approximate surface area is 140 Å². The average Bonchev–Trinajstić information content (AvgIpc) is 2.83. The number of piperidine rings is 1. The number of carbonyl (C=O) groups excluding carboxylic acids is 1. The number of rotatable bonds is 5. The third-order valence-electron chi connectivity index (χ3n) is 4.63. The number of ether oxygens (including phenoxy) is 1. The molecule has 2 rings (SSSR count). The lowest BCUT2D eigenvalue weighted by atomic mass is 9.78. The summed E-state index contributed by atoms with van der Waals surface area (Å²) in [6.45, 7) is 4.25. The van der Waals surface area contributed by atoms with Crippen LogP contribution in [0.25, 0.3) is 0 Å². The molecule has 0 aromatic carbocycles. The van der Waals surface area contributed by atoms with Gasteiger partial charge in [0, 0.05) is 19.7 Å². The summed E-state index contributed by atoms with van der Waals surface area (Å²) in [5.41, 5.74) is -0.322. The molecule has 2 saturated heterocycles. The van der Waals surface area contributed by atoms with Gasteiger partial charge in [0.25, 0.3) is 0 Å². The molecular formula is C14H29Cl2N3O2. The number of hydrogen-bond acceptors (Lipinski definition) is 4. The highest BCUT2D eigenvalue weighted by molar-refractivity contribution is 5.85. The molecule has 0 aromatic heterocycles. The molecule has 0 aromatic rings. The van der Waals surface area contributed by atoms with E-state index in [0.29, 0.717) is 12.6 Å². The van der Waals surface area contributed by atoms with E-state index in [-0.39, 0.29) is 36.1 Å². The molecule has 0 aliphatic carbocycles. The predicted octanol–water partition coefficient (Wildman–Crippen LogP) is 1.06. The number of nitrogens with one attached hydrogen (secondary N) is 2. The summed E-state index contributed by atoms with van der Waals surface area (Å²) in [6.07, 6.45) is 4.17. The van der Waals surface area contributed by atoms with E-state index in [2.05, 4.69) is 22.6 Å². The van der Waals surface area contributed by atoms with Crippen molar-refractivity contribution in [1.82, 2.24) is 15.5 Å². The zero-order valence-corrected chi connectivity index (χ0v) is 14.7. The van der Waals surface area contributed by atoms with Gasteiger partial charge in [0.1, 0.15) is 0 Å². The van der Waals surface area contributed by atoms with Crippen molar-refractivity contribution in [3.63, 3.8) is 0 Å². The van der Waals surface area contributed by atoms with E-state index in [4.69, 9.17) is 4.74 Å². The Bertz CT molecular complexity index is 307. The van der Waals surface area contributed by atoms with Gasteiger partial charge in [0.15, 0.2) is 0 Å². The Morgan fingerprint density at radius 3 is 2.57 bits per heavy atom. The van der Waals surface area contributed by atoms with Crippen LogP contribution in [0.2, 0.25) is 0 Å². The first kappa shape index (κ1) is 20.9. The number of carbonyl (C=O) groups is 1. The highest BCUT2D eigenvalue weighted by Gasteiger charge is 2.39. The molecule has 2 N–H and O–H groups in total. The number of likely N-dealkylation sites (tertiary alicyclic amines) is 1. The Hall–Kier alpha value is -0.0700. The van der Waals surface area contributed by atoms with E-state index < -0.39 is 0 Å². The summed E-state index contributed by atoms with van der Waals surface area (Å²) < 4.78 is 5.30. The summed E-state index contributed by atoms with van der Waals surface area (Å²) in [4.78, 5) is 14.9. The van der Waals surface area contributed by atoms with Crippen LogP contribution in [0.15, 0.2) is 0 Å². The standard InChI is InChI=1S/C14H27N3O2.2ClH/c1-17-9-3-4-12(17)10-16-13(18)14(11-19-2)5-7-15-8-6-14;;/h12,15H,3-11H2,1-2H3,(H,16,18);2*1H. The van der Waals surface area contributed by atoms with E-state index >= 15 is 0 Å². The molecule has 0 radical (unpaired) electrons. The minimum absolute atomic E-state index is 0. The lowest BCUT2D eigenvalue weighted by Gasteiger charge is -2.36. The number of methoxy groups -OCH3 is 1. The first-order chi connectivity index (χ1) is 9.18. The SMILES string of the molecule is COCC1(C(=O)NCC2CCCN2C)CCNCC1.Cl.Cl. The molecule has 1 amide bonds. The summed E-state index contributed by atoms with van der Waals surface area (Å²) >= 11 is 0. The number of likely N-dealkylation sites (N-methyl/N-ethyl adjacent to an activating group) is 1. The molecule has 0 saturated carbocycles. The number of hydrogen-bond donors (Lipinski definition) is 2. The second-order valence-corrected chi connectivity index (χ2v) is 5.95. The van der Waals surface area contributed by atoms with Gasteiger partial charge in [0.05, 0.1) is 12.0 Å². The minimum atomic E-state index is -0.322. The fourth-order valence-corrected chi connectivity index (χ4v) is 3.25. The Morgan fingerprint density at radius 1 is 1.38 bits per heavy atom. The maximum atomic E-state index is 12.5. The number of nitrogens with zero attached hydrogens (tertiary/aromatic N) is 1. The van der Waals surface area contributed by atoms with Crippen LogP contribution in [0, 0.1) is 5.41 Å². The van der Waals surface area contributed by atoms with E-state index in [1.54, 1.807) is 7.11 Å². The third kappa shape index (κ3) is 5.25. The Morgan fingerprint density at radius 2 is 2.05 bits per heavy atom. The lowest BCUT2D eigenvalue weighted by Crippen LogP contribution is -2.52. The summed E-state index contributed by atoms with van der Waals surface area (Å²) in [5, 5.41) is 6.48. The quantitative estimate of drug-likeness (QED) is 0.784. The predicted molar refractivity (Wildman–Crippen MR) is 89.6 cm³/mol. The zero-order chi connectivity index (χ0) is 13.7. The van der Waals surface area contributed by atoms with E-state index in [0.717, 1.165) is 39.0 Å². The topological polar surface area (TPSA) is 53.6 Å². The van der Waals surface area contributed by atoms with Gasteiger partial charge in [-0.3, -0.25) is 4.79 Å². The van der Waals surface area contributed by atoms with E-state index in [9.17, 15) is 4.79 Å². The molecule has 5 nitrogen and oxygen atoms in total. The van der Waals surface area contributed by atoms with Gasteiger partial charge in [-0.15, -0.1) is 24.8 Å². The lowest BCUT2D eigenvalue weighted by molar-refractivity contribution is -0.136. The largest absolute Gasteiger partial charge is 0.384 e. The fraction of sp³-hybridized carbons (Fsp3) is 0.929. The minimum Gasteiger partial charge on any atom is -0.384 e. The molecule has 2 aliphatic heterocycles. The average molecular weight is 342 g/mol. The summed E-state index contributed by atoms with van der Waals surface area (Å²) in [6, 6.07) is 0.505. The molecule has 0 bridgehead atoms. The van der Waals surface area contributed by atoms with Crippen molar-refractivity contribution in [1.29, 1.82) is 0 Å². The molecule has 2 aliphatic rings. The molecule has 7 heteroatoms. The Kier molecular flexibility index (Phi) is 9.81. The van der Waals surface area contributed by atoms with Crippen LogP contribution < -0.4 is 10.6 Å². The van der Waals surface area contributed by atoms with Gasteiger partial charge in [0.2, 0.25) is 5.91 Å². The molecule has 21 heavy (non-hydrogen) atoms. The molecule has 2 fully saturated rings. The van der Waals surface area contributed by atoms with Crippen LogP contribution in [0.1, 0.15) is 25.7 Å². The second-order valence-electron chi connectivity index (χ2n) is 5.95. The third-order valence-corrected chi connectivity index (χ3v) is 4.63. The molecule has 126 valence electrons. The first-order valence-corrected chi connectivity index (χ1v) is 7.36. The van der Waals surface area contributed by atoms with Crippen molar-refractivity contribution in [2.45, 2.75) is 31.7 Å². The molecule has 1 unspecified atom stereocenters. The van der Waals surface area contributed by atoms with Gasteiger partial charge < -0.3 is 20.3 Å². The number of amides is 1. The van der Waals surface area contributed by atoms with Crippen LogP contribution in [-0.2, 0) is 9.53 Å². The van der Waals surface area contributed by atoms with Crippen molar-refractivity contribution in [2.75, 3.05) is 46.9 Å². The van der Waals surface area contributed by atoms with Crippen molar-refractivity contribution in [2.24, 2.45) is 5.41 Å². The van der Waals surface area contributed by atoms with Gasteiger partial charge in [-0.25, -0.2) is 0 Å². The van der Waals surface area contributed by atoms with Crippen LogP contribution in [-0.4, -0.2) is 63.8 Å². The summed E-state index contributed by atoms with van der Waals surface area (Å²) in [5.74, 6) is 0.177. The number of halogens is 2. The zero-order valence-electron chi connectivity index (χ0n) is 13.0. The van der Waals surface area contributed by atoms with Gasteiger partial charge in [-0.1, -0.05) is 0 Å². The smallest absolute Gasteiger partial charge is 0.228 e. The molecule has 0 spiro atoms. The van der Waals surface area contributed by atoms with Gasteiger partial charge in [-0.2, -0.15) is 0 Å². The second kappa shape index (κ2) is 9.85. The highest BCUT2D eigenvalue weighted by atomic mass is 35.5. The Balaban J connectivity index is 0.00000200. The molecule has 1 atom stereocenters. The van der Waals surface area contributed by atoms with Crippen LogP contribution in [0.5, 0.6) is 0 Å². The van der Waals surface area contributed by atoms with Crippen LogP contribution >= 0.6 is 24.8 Å². The normalized spacial score (nSPS) is 24.8. The van der Waals surface area contributed by atoms with Crippen molar-refractivity contribution < 1.29 is 9.53 Å². The molecular weight excluding hydrogens is 313 g/mol. The maximum absolute atomic E-state index is 12.5. The van der Waals surface area contributed by atoms with Gasteiger partial charge >= 0.3 is 0 Å². The van der Waals surface area contributed by atoms with Crippen molar-refractivity contribution in [3.8, 4) is 0 Å². The van der Waals surface area contributed by atoms with Crippen molar-refractivity contribution in [3.05, 3.63) is 0 Å². The van der Waals surface area contributed by atoms with E-state index in [1.807, 2.05) is 0 Å². The van der Waals surface area contributed by atoms with Gasteiger partial charge in [-0.05, 0) is 52.4 Å². The van der Waals surface area contributed by atoms with E-state index in [1.165, 1.54) is 12.8 Å². The molecule has 2 heterocycles. The van der Waals surface area contributed by atoms with Crippen LogP contribution in [0.4, 0.5) is 0 Å². The maximum Gasteiger partial charge on any atom is 0.228 e. The summed E-state index contributed by atoms with van der Waals surface area (Å²) in [7, 11) is 3.82.